The zero-order valence-corrected chi connectivity index (χ0v) is 12.6. The first-order valence-corrected chi connectivity index (χ1v) is 7.56. The standard InChI is InChI=1S/C15H14ClN3S/c1-10-4-5-12(16)7-13(10)17-8-11-9-18-19-15(11)14-3-2-6-20-14/h2-7,9,17H,8H2,1H3,(H,18,19). The van der Waals surface area contributed by atoms with Gasteiger partial charge in [0.25, 0.3) is 0 Å². The van der Waals surface area contributed by atoms with Crippen LogP contribution in [0.3, 0.4) is 0 Å². The Morgan fingerprint density at radius 3 is 3.05 bits per heavy atom. The predicted molar refractivity (Wildman–Crippen MR) is 85.4 cm³/mol. The lowest BCUT2D eigenvalue weighted by atomic mass is 10.1. The first kappa shape index (κ1) is 13.2. The molecule has 2 heterocycles. The van der Waals surface area contributed by atoms with Gasteiger partial charge in [-0.3, -0.25) is 5.10 Å². The van der Waals surface area contributed by atoms with Crippen LogP contribution < -0.4 is 5.32 Å². The second kappa shape index (κ2) is 5.69. The second-order valence-corrected chi connectivity index (χ2v) is 5.94. The predicted octanol–water partition coefficient (Wildman–Crippen LogP) is 4.71. The molecule has 0 saturated heterocycles. The lowest BCUT2D eigenvalue weighted by molar-refractivity contribution is 1.10. The quantitative estimate of drug-likeness (QED) is 0.732. The molecular formula is C15H14ClN3S. The summed E-state index contributed by atoms with van der Waals surface area (Å²) in [7, 11) is 0. The molecule has 0 spiro atoms. The number of nitrogens with one attached hydrogen (secondary N) is 2. The van der Waals surface area contributed by atoms with E-state index in [1.807, 2.05) is 30.5 Å². The average Bonchev–Trinajstić information content (AvgIpc) is 3.09. The van der Waals surface area contributed by atoms with Crippen molar-refractivity contribution in [3.8, 4) is 10.6 Å². The molecule has 0 unspecified atom stereocenters. The number of nitrogens with zero attached hydrogens (tertiary/aromatic N) is 1. The lowest BCUT2D eigenvalue weighted by Gasteiger charge is -2.09. The molecule has 0 aliphatic heterocycles. The smallest absolute Gasteiger partial charge is 0.0799 e. The maximum Gasteiger partial charge on any atom is 0.0799 e. The van der Waals surface area contributed by atoms with Crippen molar-refractivity contribution in [2.75, 3.05) is 5.32 Å². The summed E-state index contributed by atoms with van der Waals surface area (Å²) in [6.45, 7) is 2.78. The first-order chi connectivity index (χ1) is 9.74. The van der Waals surface area contributed by atoms with Crippen molar-refractivity contribution in [1.82, 2.24) is 10.2 Å². The highest BCUT2D eigenvalue weighted by molar-refractivity contribution is 7.13. The number of aryl methyl sites for hydroxylation is 1. The molecule has 3 rings (SSSR count). The van der Waals surface area contributed by atoms with Crippen molar-refractivity contribution in [3.63, 3.8) is 0 Å². The number of thiophene rings is 1. The molecule has 0 amide bonds. The van der Waals surface area contributed by atoms with E-state index >= 15 is 0 Å². The third-order valence-electron chi connectivity index (χ3n) is 3.15. The van der Waals surface area contributed by atoms with Gasteiger partial charge in [0.2, 0.25) is 0 Å². The van der Waals surface area contributed by atoms with Crippen molar-refractivity contribution >= 4 is 28.6 Å². The summed E-state index contributed by atoms with van der Waals surface area (Å²) >= 11 is 7.74. The van der Waals surface area contributed by atoms with Crippen LogP contribution in [-0.4, -0.2) is 10.2 Å². The molecule has 0 radical (unpaired) electrons. The summed E-state index contributed by atoms with van der Waals surface area (Å²) in [6.07, 6.45) is 1.86. The van der Waals surface area contributed by atoms with Gasteiger partial charge in [-0.15, -0.1) is 11.3 Å². The van der Waals surface area contributed by atoms with E-state index in [4.69, 9.17) is 11.6 Å². The maximum atomic E-state index is 6.03. The molecule has 0 saturated carbocycles. The summed E-state index contributed by atoms with van der Waals surface area (Å²) in [5, 5.41) is 13.4. The number of aromatic nitrogens is 2. The van der Waals surface area contributed by atoms with Crippen LogP contribution in [0.25, 0.3) is 10.6 Å². The molecule has 0 fully saturated rings. The van der Waals surface area contributed by atoms with E-state index in [2.05, 4.69) is 33.9 Å². The van der Waals surface area contributed by atoms with E-state index in [0.717, 1.165) is 22.0 Å². The highest BCUT2D eigenvalue weighted by Gasteiger charge is 2.09. The third-order valence-corrected chi connectivity index (χ3v) is 4.28. The van der Waals surface area contributed by atoms with Crippen LogP contribution in [0, 0.1) is 6.92 Å². The molecule has 0 atom stereocenters. The van der Waals surface area contributed by atoms with Gasteiger partial charge in [-0.2, -0.15) is 5.10 Å². The molecule has 3 nitrogen and oxygen atoms in total. The van der Waals surface area contributed by atoms with Gasteiger partial charge in [-0.05, 0) is 36.1 Å². The van der Waals surface area contributed by atoms with E-state index < -0.39 is 0 Å². The monoisotopic (exact) mass is 303 g/mol. The highest BCUT2D eigenvalue weighted by atomic mass is 35.5. The SMILES string of the molecule is Cc1ccc(Cl)cc1NCc1cn[nH]c1-c1cccs1. The van der Waals surface area contributed by atoms with Gasteiger partial charge in [-0.1, -0.05) is 23.7 Å². The lowest BCUT2D eigenvalue weighted by Crippen LogP contribution is -2.01. The molecule has 5 heteroatoms. The number of halogens is 1. The van der Waals surface area contributed by atoms with Gasteiger partial charge < -0.3 is 5.32 Å². The fourth-order valence-corrected chi connectivity index (χ4v) is 2.98. The number of aromatic amines is 1. The molecule has 0 aliphatic rings. The number of hydrogen-bond donors (Lipinski definition) is 2. The number of H-pyrrole nitrogens is 1. The van der Waals surface area contributed by atoms with Gasteiger partial charge >= 0.3 is 0 Å². The van der Waals surface area contributed by atoms with Crippen molar-refractivity contribution < 1.29 is 0 Å². The van der Waals surface area contributed by atoms with E-state index in [1.54, 1.807) is 11.3 Å². The van der Waals surface area contributed by atoms with Gasteiger partial charge in [0, 0.05) is 22.8 Å². The Morgan fingerprint density at radius 2 is 2.25 bits per heavy atom. The van der Waals surface area contributed by atoms with Gasteiger partial charge in [0.05, 0.1) is 16.8 Å². The fourth-order valence-electron chi connectivity index (χ4n) is 2.05. The van der Waals surface area contributed by atoms with Crippen LogP contribution in [0.15, 0.2) is 41.9 Å². The summed E-state index contributed by atoms with van der Waals surface area (Å²) in [5.41, 5.74) is 4.45. The second-order valence-electron chi connectivity index (χ2n) is 4.56. The Morgan fingerprint density at radius 1 is 1.35 bits per heavy atom. The van der Waals surface area contributed by atoms with Crippen LogP contribution in [0.4, 0.5) is 5.69 Å². The molecule has 102 valence electrons. The van der Waals surface area contributed by atoms with Crippen LogP contribution in [0.2, 0.25) is 5.02 Å². The van der Waals surface area contributed by atoms with E-state index in [0.29, 0.717) is 6.54 Å². The topological polar surface area (TPSA) is 40.7 Å². The molecular weight excluding hydrogens is 290 g/mol. The summed E-state index contributed by atoms with van der Waals surface area (Å²) in [6, 6.07) is 9.99. The summed E-state index contributed by atoms with van der Waals surface area (Å²) in [5.74, 6) is 0. The zero-order chi connectivity index (χ0) is 13.9. The van der Waals surface area contributed by atoms with Crippen LogP contribution in [0.5, 0.6) is 0 Å². The number of hydrogen-bond acceptors (Lipinski definition) is 3. The Balaban J connectivity index is 1.79. The Bertz CT molecular complexity index is 704. The van der Waals surface area contributed by atoms with Crippen molar-refractivity contribution in [1.29, 1.82) is 0 Å². The molecule has 3 aromatic rings. The molecule has 20 heavy (non-hydrogen) atoms. The Hall–Kier alpha value is -1.78. The van der Waals surface area contributed by atoms with Crippen molar-refractivity contribution in [3.05, 3.63) is 58.1 Å². The van der Waals surface area contributed by atoms with Gasteiger partial charge in [-0.25, -0.2) is 0 Å². The normalized spacial score (nSPS) is 10.7. The molecule has 2 aromatic heterocycles. The highest BCUT2D eigenvalue weighted by Crippen LogP contribution is 2.27. The Kier molecular flexibility index (Phi) is 3.76. The maximum absolute atomic E-state index is 6.03. The van der Waals surface area contributed by atoms with Gasteiger partial charge in [0.15, 0.2) is 0 Å². The van der Waals surface area contributed by atoms with Crippen LogP contribution in [-0.2, 0) is 6.54 Å². The number of benzene rings is 1. The van der Waals surface area contributed by atoms with E-state index in [9.17, 15) is 0 Å². The minimum absolute atomic E-state index is 0.713. The molecule has 0 bridgehead atoms. The number of rotatable bonds is 4. The zero-order valence-electron chi connectivity index (χ0n) is 11.0. The number of anilines is 1. The van der Waals surface area contributed by atoms with Crippen molar-refractivity contribution in [2.45, 2.75) is 13.5 Å². The largest absolute Gasteiger partial charge is 0.381 e. The summed E-state index contributed by atoms with van der Waals surface area (Å²) < 4.78 is 0. The van der Waals surface area contributed by atoms with Crippen LogP contribution in [0.1, 0.15) is 11.1 Å². The Labute approximate surface area is 126 Å². The van der Waals surface area contributed by atoms with E-state index in [1.165, 1.54) is 10.4 Å². The minimum Gasteiger partial charge on any atom is -0.381 e. The molecule has 2 N–H and O–H groups in total. The first-order valence-electron chi connectivity index (χ1n) is 6.30. The molecule has 1 aromatic carbocycles. The third kappa shape index (κ3) is 2.71. The minimum atomic E-state index is 0.713. The van der Waals surface area contributed by atoms with Gasteiger partial charge in [0.1, 0.15) is 0 Å². The van der Waals surface area contributed by atoms with Crippen molar-refractivity contribution in [2.24, 2.45) is 0 Å². The fraction of sp³-hybridized carbons (Fsp3) is 0.133. The van der Waals surface area contributed by atoms with Crippen LogP contribution >= 0.6 is 22.9 Å². The van der Waals surface area contributed by atoms with E-state index in [-0.39, 0.29) is 0 Å². The summed E-state index contributed by atoms with van der Waals surface area (Å²) in [4.78, 5) is 1.20. The molecule has 0 aliphatic carbocycles. The average molecular weight is 304 g/mol.